The Morgan fingerprint density at radius 2 is 2.14 bits per heavy atom. The van der Waals surface area contributed by atoms with Crippen molar-refractivity contribution in [3.63, 3.8) is 0 Å². The third-order valence-corrected chi connectivity index (χ3v) is 2.81. The first kappa shape index (κ1) is 17.4. The van der Waals surface area contributed by atoms with Crippen molar-refractivity contribution in [1.82, 2.24) is 4.90 Å². The summed E-state index contributed by atoms with van der Waals surface area (Å²) in [5, 5.41) is 0. The van der Waals surface area contributed by atoms with Crippen LogP contribution in [0.3, 0.4) is 0 Å². The van der Waals surface area contributed by atoms with Crippen molar-refractivity contribution in [2.75, 3.05) is 40.5 Å². The van der Waals surface area contributed by atoms with E-state index in [-0.39, 0.29) is 24.1 Å². The van der Waals surface area contributed by atoms with Crippen LogP contribution in [0, 0.1) is 5.82 Å². The van der Waals surface area contributed by atoms with Crippen LogP contribution in [0.15, 0.2) is 18.2 Å². The number of esters is 1. The van der Waals surface area contributed by atoms with Crippen LogP contribution in [0.25, 0.3) is 0 Å². The van der Waals surface area contributed by atoms with Crippen LogP contribution in [0.1, 0.15) is 12.5 Å². The van der Waals surface area contributed by atoms with Gasteiger partial charge in [0.05, 0.1) is 20.3 Å². The maximum atomic E-state index is 13.5. The smallest absolute Gasteiger partial charge is 0.332 e. The maximum absolute atomic E-state index is 13.5. The Hall–Kier alpha value is -1.66. The van der Waals surface area contributed by atoms with E-state index < -0.39 is 0 Å². The van der Waals surface area contributed by atoms with Crippen molar-refractivity contribution in [2.24, 2.45) is 0 Å². The van der Waals surface area contributed by atoms with E-state index in [0.29, 0.717) is 26.3 Å². The number of nitrogens with zero attached hydrogens (tertiary/aromatic N) is 1. The molecule has 6 heteroatoms. The molecule has 0 spiro atoms. The molecule has 0 fully saturated rings. The van der Waals surface area contributed by atoms with Crippen LogP contribution in [0.4, 0.5) is 4.39 Å². The largest absolute Gasteiger partial charge is 0.494 e. The minimum Gasteiger partial charge on any atom is -0.494 e. The Morgan fingerprint density at radius 1 is 1.38 bits per heavy atom. The van der Waals surface area contributed by atoms with Gasteiger partial charge in [0.1, 0.15) is 6.61 Å². The molecular formula is C15H22FNO4. The van der Waals surface area contributed by atoms with E-state index in [1.807, 2.05) is 18.0 Å². The number of methoxy groups -OCH3 is 1. The van der Waals surface area contributed by atoms with Crippen LogP contribution in [0.5, 0.6) is 5.75 Å². The van der Waals surface area contributed by atoms with Gasteiger partial charge in [-0.2, -0.15) is 0 Å². The van der Waals surface area contributed by atoms with E-state index in [1.54, 1.807) is 13.0 Å². The standard InChI is InChI=1S/C15H22FNO4/c1-4-21-15(18)11-20-8-7-17(2)10-12-5-6-14(19-3)13(16)9-12/h5-6,9H,4,7-8,10-11H2,1-3H3. The van der Waals surface area contributed by atoms with E-state index >= 15 is 0 Å². The molecule has 0 bridgehead atoms. The summed E-state index contributed by atoms with van der Waals surface area (Å²) >= 11 is 0. The number of benzene rings is 1. The molecule has 0 aliphatic heterocycles. The average molecular weight is 299 g/mol. The molecule has 1 rings (SSSR count). The predicted molar refractivity (Wildman–Crippen MR) is 76.7 cm³/mol. The fourth-order valence-electron chi connectivity index (χ4n) is 1.78. The highest BCUT2D eigenvalue weighted by Gasteiger charge is 2.06. The minimum atomic E-state index is -0.373. The number of rotatable bonds is 9. The molecule has 0 unspecified atom stereocenters. The average Bonchev–Trinajstić information content (AvgIpc) is 2.44. The Bertz CT molecular complexity index is 453. The molecule has 1 aromatic rings. The lowest BCUT2D eigenvalue weighted by molar-refractivity contribution is -0.148. The Kier molecular flexibility index (Phi) is 7.71. The van der Waals surface area contributed by atoms with Crippen LogP contribution in [0.2, 0.25) is 0 Å². The second-order valence-electron chi connectivity index (χ2n) is 4.56. The molecular weight excluding hydrogens is 277 g/mol. The number of hydrogen-bond donors (Lipinski definition) is 0. The van der Waals surface area contributed by atoms with Gasteiger partial charge in [-0.3, -0.25) is 4.90 Å². The Morgan fingerprint density at radius 3 is 2.76 bits per heavy atom. The van der Waals surface area contributed by atoms with E-state index in [0.717, 1.165) is 5.56 Å². The van der Waals surface area contributed by atoms with Crippen molar-refractivity contribution in [2.45, 2.75) is 13.5 Å². The summed E-state index contributed by atoms with van der Waals surface area (Å²) in [7, 11) is 3.33. The highest BCUT2D eigenvalue weighted by Crippen LogP contribution is 2.18. The van der Waals surface area contributed by atoms with Gasteiger partial charge in [0.25, 0.3) is 0 Å². The van der Waals surface area contributed by atoms with E-state index in [4.69, 9.17) is 14.2 Å². The molecule has 0 saturated carbocycles. The number of hydrogen-bond acceptors (Lipinski definition) is 5. The van der Waals surface area contributed by atoms with Crippen LogP contribution in [-0.2, 0) is 20.8 Å². The molecule has 0 aliphatic carbocycles. The lowest BCUT2D eigenvalue weighted by Gasteiger charge is -2.17. The predicted octanol–water partition coefficient (Wildman–Crippen LogP) is 1.85. The third-order valence-electron chi connectivity index (χ3n) is 2.81. The minimum absolute atomic E-state index is 0.0428. The molecule has 21 heavy (non-hydrogen) atoms. The van der Waals surface area contributed by atoms with Crippen LogP contribution >= 0.6 is 0 Å². The number of ether oxygens (including phenoxy) is 3. The maximum Gasteiger partial charge on any atom is 0.332 e. The normalized spacial score (nSPS) is 10.7. The van der Waals surface area contributed by atoms with Gasteiger partial charge in [-0.1, -0.05) is 6.07 Å². The van der Waals surface area contributed by atoms with E-state index in [1.165, 1.54) is 13.2 Å². The van der Waals surface area contributed by atoms with Gasteiger partial charge in [0, 0.05) is 13.1 Å². The lowest BCUT2D eigenvalue weighted by Crippen LogP contribution is -2.24. The zero-order chi connectivity index (χ0) is 15.7. The Labute approximate surface area is 124 Å². The van der Waals surface area contributed by atoms with Crippen molar-refractivity contribution in [3.8, 4) is 5.75 Å². The second-order valence-corrected chi connectivity index (χ2v) is 4.56. The summed E-state index contributed by atoms with van der Waals surface area (Å²) in [5.74, 6) is -0.501. The fourth-order valence-corrected chi connectivity index (χ4v) is 1.78. The summed E-state index contributed by atoms with van der Waals surface area (Å²) < 4.78 is 28.4. The SMILES string of the molecule is CCOC(=O)COCCN(C)Cc1ccc(OC)c(F)c1. The lowest BCUT2D eigenvalue weighted by atomic mass is 10.2. The molecule has 0 heterocycles. The highest BCUT2D eigenvalue weighted by atomic mass is 19.1. The molecule has 0 aromatic heterocycles. The van der Waals surface area contributed by atoms with Gasteiger partial charge in [-0.25, -0.2) is 9.18 Å². The number of halogens is 1. The topological polar surface area (TPSA) is 48.0 Å². The van der Waals surface area contributed by atoms with Gasteiger partial charge in [0.15, 0.2) is 11.6 Å². The van der Waals surface area contributed by atoms with E-state index in [9.17, 15) is 9.18 Å². The molecule has 0 saturated heterocycles. The van der Waals surface area contributed by atoms with Crippen LogP contribution in [-0.4, -0.2) is 51.4 Å². The van der Waals surface area contributed by atoms with Gasteiger partial charge in [-0.15, -0.1) is 0 Å². The molecule has 5 nitrogen and oxygen atoms in total. The quantitative estimate of drug-likeness (QED) is 0.514. The monoisotopic (exact) mass is 299 g/mol. The molecule has 0 aliphatic rings. The number of likely N-dealkylation sites (N-methyl/N-ethyl adjacent to an activating group) is 1. The Balaban J connectivity index is 2.29. The first-order valence-corrected chi connectivity index (χ1v) is 6.81. The molecule has 0 radical (unpaired) electrons. The zero-order valence-corrected chi connectivity index (χ0v) is 12.7. The molecule has 0 amide bonds. The van der Waals surface area contributed by atoms with Crippen molar-refractivity contribution in [1.29, 1.82) is 0 Å². The molecule has 0 atom stereocenters. The summed E-state index contributed by atoms with van der Waals surface area (Å²) in [4.78, 5) is 13.0. The summed E-state index contributed by atoms with van der Waals surface area (Å²) in [6, 6.07) is 4.88. The van der Waals surface area contributed by atoms with Crippen molar-refractivity contribution >= 4 is 5.97 Å². The van der Waals surface area contributed by atoms with Crippen molar-refractivity contribution in [3.05, 3.63) is 29.6 Å². The van der Waals surface area contributed by atoms with Gasteiger partial charge in [-0.05, 0) is 31.7 Å². The van der Waals surface area contributed by atoms with Gasteiger partial charge < -0.3 is 14.2 Å². The van der Waals surface area contributed by atoms with Gasteiger partial charge in [0.2, 0.25) is 0 Å². The number of carbonyl (C=O) groups excluding carboxylic acids is 1. The summed E-state index contributed by atoms with van der Waals surface area (Å²) in [6.07, 6.45) is 0. The summed E-state index contributed by atoms with van der Waals surface area (Å²) in [5.41, 5.74) is 0.848. The third kappa shape index (κ3) is 6.55. The fraction of sp³-hybridized carbons (Fsp3) is 0.533. The molecule has 1 aromatic carbocycles. The van der Waals surface area contributed by atoms with Gasteiger partial charge >= 0.3 is 5.97 Å². The van der Waals surface area contributed by atoms with Crippen molar-refractivity contribution < 1.29 is 23.4 Å². The van der Waals surface area contributed by atoms with Crippen LogP contribution < -0.4 is 4.74 Å². The first-order chi connectivity index (χ1) is 10.1. The molecule has 118 valence electrons. The highest BCUT2D eigenvalue weighted by molar-refractivity contribution is 5.70. The first-order valence-electron chi connectivity index (χ1n) is 6.81. The molecule has 0 N–H and O–H groups in total. The second kappa shape index (κ2) is 9.31. The number of carbonyl (C=O) groups is 1. The zero-order valence-electron chi connectivity index (χ0n) is 12.7. The summed E-state index contributed by atoms with van der Waals surface area (Å²) in [6.45, 7) is 3.69. The van der Waals surface area contributed by atoms with E-state index in [2.05, 4.69) is 0 Å².